The minimum absolute atomic E-state index is 0.0427. The number of hydrogen-bond donors (Lipinski definition) is 2. The van der Waals surface area contributed by atoms with Crippen molar-refractivity contribution in [2.75, 3.05) is 11.9 Å². The maximum absolute atomic E-state index is 12.1. The first-order chi connectivity index (χ1) is 9.54. The summed E-state index contributed by atoms with van der Waals surface area (Å²) in [4.78, 5) is 12.1. The van der Waals surface area contributed by atoms with Crippen molar-refractivity contribution in [3.63, 3.8) is 0 Å². The number of rotatable bonds is 7. The Morgan fingerprint density at radius 3 is 2.50 bits per heavy atom. The van der Waals surface area contributed by atoms with Crippen molar-refractivity contribution in [1.29, 1.82) is 0 Å². The maximum Gasteiger partial charge on any atom is 0.241 e. The van der Waals surface area contributed by atoms with E-state index < -0.39 is 0 Å². The van der Waals surface area contributed by atoms with Gasteiger partial charge in [0.2, 0.25) is 5.91 Å². The summed E-state index contributed by atoms with van der Waals surface area (Å²) in [7, 11) is 0. The smallest absolute Gasteiger partial charge is 0.241 e. The van der Waals surface area contributed by atoms with Gasteiger partial charge >= 0.3 is 0 Å². The number of carbonyl (C=O) groups is 1. The van der Waals surface area contributed by atoms with Gasteiger partial charge in [0.05, 0.1) is 6.04 Å². The zero-order valence-corrected chi connectivity index (χ0v) is 12.8. The summed E-state index contributed by atoms with van der Waals surface area (Å²) >= 11 is 0. The second-order valence-corrected chi connectivity index (χ2v) is 6.21. The molecule has 0 spiro atoms. The molecule has 2 N–H and O–H groups in total. The fourth-order valence-corrected chi connectivity index (χ4v) is 2.57. The second-order valence-electron chi connectivity index (χ2n) is 6.21. The third-order valence-electron chi connectivity index (χ3n) is 4.23. The summed E-state index contributed by atoms with van der Waals surface area (Å²) in [5.74, 6) is 0.0427. The molecule has 3 nitrogen and oxygen atoms in total. The van der Waals surface area contributed by atoms with Crippen molar-refractivity contribution in [2.24, 2.45) is 5.41 Å². The van der Waals surface area contributed by atoms with Gasteiger partial charge in [0, 0.05) is 12.2 Å². The molecule has 1 atom stereocenters. The molecule has 1 aromatic rings. The Bertz CT molecular complexity index is 449. The number of nitrogens with one attached hydrogen (secondary N) is 2. The van der Waals surface area contributed by atoms with E-state index in [0.29, 0.717) is 5.41 Å². The van der Waals surface area contributed by atoms with Crippen LogP contribution < -0.4 is 10.6 Å². The first kappa shape index (κ1) is 15.0. The highest BCUT2D eigenvalue weighted by Crippen LogP contribution is 2.48. The van der Waals surface area contributed by atoms with Crippen molar-refractivity contribution < 1.29 is 4.79 Å². The molecule has 0 aromatic heterocycles. The van der Waals surface area contributed by atoms with Gasteiger partial charge in [-0.15, -0.1) is 0 Å². The first-order valence-electron chi connectivity index (χ1n) is 7.66. The minimum Gasteiger partial charge on any atom is -0.325 e. The highest BCUT2D eigenvalue weighted by molar-refractivity contribution is 5.94. The highest BCUT2D eigenvalue weighted by atomic mass is 16.2. The molecule has 0 heterocycles. The number of amides is 1. The van der Waals surface area contributed by atoms with Crippen molar-refractivity contribution >= 4 is 11.6 Å². The van der Waals surface area contributed by atoms with Crippen LogP contribution in [-0.4, -0.2) is 18.5 Å². The number of hydrogen-bond acceptors (Lipinski definition) is 2. The molecule has 0 radical (unpaired) electrons. The van der Waals surface area contributed by atoms with Crippen LogP contribution in [0.2, 0.25) is 0 Å². The van der Waals surface area contributed by atoms with Gasteiger partial charge in [0.25, 0.3) is 0 Å². The van der Waals surface area contributed by atoms with E-state index in [1.54, 1.807) is 0 Å². The molecule has 20 heavy (non-hydrogen) atoms. The fraction of sp³-hybridized carbons (Fsp3) is 0.588. The zero-order chi connectivity index (χ0) is 14.6. The number of aryl methyl sites for hydroxylation is 1. The lowest BCUT2D eigenvalue weighted by atomic mass is 10.0. The molecule has 1 saturated carbocycles. The van der Waals surface area contributed by atoms with Crippen LogP contribution in [0, 0.1) is 12.3 Å². The molecule has 1 aliphatic rings. The lowest BCUT2D eigenvalue weighted by molar-refractivity contribution is -0.117. The van der Waals surface area contributed by atoms with Gasteiger partial charge in [0.1, 0.15) is 0 Å². The van der Waals surface area contributed by atoms with Gasteiger partial charge in [-0.25, -0.2) is 0 Å². The largest absolute Gasteiger partial charge is 0.325 e. The summed E-state index contributed by atoms with van der Waals surface area (Å²) in [5, 5.41) is 6.35. The molecule has 0 bridgehead atoms. The molecular weight excluding hydrogens is 248 g/mol. The lowest BCUT2D eigenvalue weighted by Crippen LogP contribution is -2.40. The Labute approximate surface area is 122 Å². The summed E-state index contributed by atoms with van der Waals surface area (Å²) in [5.41, 5.74) is 2.54. The highest BCUT2D eigenvalue weighted by Gasteiger charge is 2.41. The molecule has 1 amide bonds. The standard InChI is InChI=1S/C17H26N2O/c1-4-9-17(10-11-17)12-18-14(3)16(20)19-15-7-5-13(2)6-8-15/h5-8,14,18H,4,9-12H2,1-3H3,(H,19,20). The van der Waals surface area contributed by atoms with Crippen molar-refractivity contribution in [3.8, 4) is 0 Å². The zero-order valence-electron chi connectivity index (χ0n) is 12.8. The van der Waals surface area contributed by atoms with Crippen molar-refractivity contribution in [2.45, 2.75) is 52.5 Å². The average molecular weight is 274 g/mol. The van der Waals surface area contributed by atoms with Crippen LogP contribution in [0.3, 0.4) is 0 Å². The predicted octanol–water partition coefficient (Wildman–Crippen LogP) is 3.49. The molecule has 1 aliphatic carbocycles. The van der Waals surface area contributed by atoms with Crippen LogP contribution in [0.4, 0.5) is 5.69 Å². The third kappa shape index (κ3) is 4.07. The lowest BCUT2D eigenvalue weighted by Gasteiger charge is -2.19. The van der Waals surface area contributed by atoms with Gasteiger partial charge in [-0.3, -0.25) is 4.79 Å². The van der Waals surface area contributed by atoms with E-state index in [-0.39, 0.29) is 11.9 Å². The SMILES string of the molecule is CCCC1(CNC(C)C(=O)Nc2ccc(C)cc2)CC1. The van der Waals surface area contributed by atoms with Gasteiger partial charge < -0.3 is 10.6 Å². The van der Waals surface area contributed by atoms with E-state index >= 15 is 0 Å². The molecule has 1 unspecified atom stereocenters. The Kier molecular flexibility index (Phi) is 4.81. The normalized spacial score (nSPS) is 17.6. The molecule has 2 rings (SSSR count). The van der Waals surface area contributed by atoms with E-state index in [0.717, 1.165) is 12.2 Å². The van der Waals surface area contributed by atoms with Gasteiger partial charge in [0.15, 0.2) is 0 Å². The van der Waals surface area contributed by atoms with Crippen LogP contribution in [0.15, 0.2) is 24.3 Å². The summed E-state index contributed by atoms with van der Waals surface area (Å²) in [6.07, 6.45) is 5.11. The van der Waals surface area contributed by atoms with Gasteiger partial charge in [-0.1, -0.05) is 31.0 Å². The maximum atomic E-state index is 12.1. The number of carbonyl (C=O) groups excluding carboxylic acids is 1. The van der Waals surface area contributed by atoms with E-state index in [9.17, 15) is 4.79 Å². The van der Waals surface area contributed by atoms with Gasteiger partial charge in [-0.2, -0.15) is 0 Å². The van der Waals surface area contributed by atoms with E-state index in [4.69, 9.17) is 0 Å². The molecule has 1 aromatic carbocycles. The predicted molar refractivity (Wildman–Crippen MR) is 83.8 cm³/mol. The van der Waals surface area contributed by atoms with Crippen LogP contribution >= 0.6 is 0 Å². The monoisotopic (exact) mass is 274 g/mol. The summed E-state index contributed by atoms with van der Waals surface area (Å²) in [6.45, 7) is 7.17. The minimum atomic E-state index is -0.148. The van der Waals surface area contributed by atoms with E-state index in [1.807, 2.05) is 38.1 Å². The van der Waals surface area contributed by atoms with Crippen molar-refractivity contribution in [3.05, 3.63) is 29.8 Å². The Morgan fingerprint density at radius 1 is 1.30 bits per heavy atom. The molecular formula is C17H26N2O. The molecule has 0 aliphatic heterocycles. The Hall–Kier alpha value is -1.35. The Morgan fingerprint density at radius 2 is 1.95 bits per heavy atom. The summed E-state index contributed by atoms with van der Waals surface area (Å²) < 4.78 is 0. The average Bonchev–Trinajstić information content (AvgIpc) is 3.19. The molecule has 1 fully saturated rings. The number of benzene rings is 1. The van der Waals surface area contributed by atoms with E-state index in [2.05, 4.69) is 17.6 Å². The van der Waals surface area contributed by atoms with Crippen LogP contribution in [0.5, 0.6) is 0 Å². The Balaban J connectivity index is 1.78. The molecule has 3 heteroatoms. The summed E-state index contributed by atoms with van der Waals surface area (Å²) in [6, 6.07) is 7.76. The molecule has 110 valence electrons. The fourth-order valence-electron chi connectivity index (χ4n) is 2.57. The topological polar surface area (TPSA) is 41.1 Å². The van der Waals surface area contributed by atoms with Crippen molar-refractivity contribution in [1.82, 2.24) is 5.32 Å². The first-order valence-corrected chi connectivity index (χ1v) is 7.66. The third-order valence-corrected chi connectivity index (χ3v) is 4.23. The second kappa shape index (κ2) is 6.40. The van der Waals surface area contributed by atoms with Crippen LogP contribution in [-0.2, 0) is 4.79 Å². The van der Waals surface area contributed by atoms with Crippen LogP contribution in [0.25, 0.3) is 0 Å². The van der Waals surface area contributed by atoms with Crippen LogP contribution in [0.1, 0.15) is 45.1 Å². The van der Waals surface area contributed by atoms with E-state index in [1.165, 1.54) is 31.2 Å². The quantitative estimate of drug-likeness (QED) is 0.799. The van der Waals surface area contributed by atoms with Gasteiger partial charge in [-0.05, 0) is 50.7 Å². The number of anilines is 1. The molecule has 0 saturated heterocycles.